The lowest BCUT2D eigenvalue weighted by atomic mass is 9.99. The Morgan fingerprint density at radius 3 is 2.46 bits per heavy atom. The lowest BCUT2D eigenvalue weighted by molar-refractivity contribution is 0.139. The number of alkyl halides is 1. The fourth-order valence-electron chi connectivity index (χ4n) is 1.31. The van der Waals surface area contributed by atoms with Crippen LogP contribution in [-0.4, -0.2) is 12.7 Å². The molecule has 1 heterocycles. The standard InChI is InChI=1S/C9H13BrFNO/c1-9(2,11)8(12-3)6-4-5-7(10)13-6/h4-5,8,12H,1-3H3. The Bertz CT molecular complexity index is 279. The molecular weight excluding hydrogens is 237 g/mol. The Hall–Kier alpha value is -0.350. The second-order valence-electron chi connectivity index (χ2n) is 3.43. The van der Waals surface area contributed by atoms with E-state index in [1.807, 2.05) is 0 Å². The first-order chi connectivity index (χ1) is 5.95. The first-order valence-electron chi connectivity index (χ1n) is 4.06. The molecular formula is C9H13BrFNO. The van der Waals surface area contributed by atoms with Crippen molar-refractivity contribution in [3.8, 4) is 0 Å². The Morgan fingerprint density at radius 1 is 1.54 bits per heavy atom. The lowest BCUT2D eigenvalue weighted by Crippen LogP contribution is -2.33. The van der Waals surface area contributed by atoms with Crippen molar-refractivity contribution in [1.29, 1.82) is 0 Å². The van der Waals surface area contributed by atoms with Gasteiger partial charge in [-0.1, -0.05) is 0 Å². The van der Waals surface area contributed by atoms with Gasteiger partial charge in [-0.15, -0.1) is 0 Å². The van der Waals surface area contributed by atoms with E-state index in [-0.39, 0.29) is 0 Å². The Kier molecular flexibility index (Phi) is 3.14. The lowest BCUT2D eigenvalue weighted by Gasteiger charge is -2.24. The van der Waals surface area contributed by atoms with Crippen LogP contribution in [0.5, 0.6) is 0 Å². The third-order valence-electron chi connectivity index (χ3n) is 1.85. The Morgan fingerprint density at radius 2 is 2.15 bits per heavy atom. The van der Waals surface area contributed by atoms with Crippen LogP contribution in [0.4, 0.5) is 4.39 Å². The van der Waals surface area contributed by atoms with Crippen molar-refractivity contribution in [2.24, 2.45) is 0 Å². The minimum atomic E-state index is -1.34. The summed E-state index contributed by atoms with van der Waals surface area (Å²) < 4.78 is 19.5. The molecule has 4 heteroatoms. The summed E-state index contributed by atoms with van der Waals surface area (Å²) in [4.78, 5) is 0. The third kappa shape index (κ3) is 2.54. The molecule has 0 spiro atoms. The van der Waals surface area contributed by atoms with E-state index in [2.05, 4.69) is 21.2 Å². The fourth-order valence-corrected chi connectivity index (χ4v) is 1.63. The summed E-state index contributed by atoms with van der Waals surface area (Å²) in [5, 5.41) is 2.88. The van der Waals surface area contributed by atoms with E-state index in [0.717, 1.165) is 0 Å². The first kappa shape index (κ1) is 10.7. The van der Waals surface area contributed by atoms with Crippen LogP contribution in [0.3, 0.4) is 0 Å². The molecule has 0 fully saturated rings. The summed E-state index contributed by atoms with van der Waals surface area (Å²) in [6.07, 6.45) is 0. The molecule has 0 aliphatic heterocycles. The van der Waals surface area contributed by atoms with Gasteiger partial charge in [0.05, 0.1) is 6.04 Å². The molecule has 1 atom stereocenters. The summed E-state index contributed by atoms with van der Waals surface area (Å²) in [6, 6.07) is 3.09. The van der Waals surface area contributed by atoms with Crippen LogP contribution in [0, 0.1) is 0 Å². The molecule has 1 N–H and O–H groups in total. The minimum absolute atomic E-state index is 0.418. The molecule has 74 valence electrons. The average Bonchev–Trinajstić information content (AvgIpc) is 2.34. The van der Waals surface area contributed by atoms with Crippen LogP contribution in [0.1, 0.15) is 25.6 Å². The molecule has 0 radical (unpaired) electrons. The molecule has 0 aliphatic rings. The van der Waals surface area contributed by atoms with Gasteiger partial charge in [-0.25, -0.2) is 4.39 Å². The maximum Gasteiger partial charge on any atom is 0.169 e. The zero-order valence-corrected chi connectivity index (χ0v) is 9.48. The summed E-state index contributed by atoms with van der Waals surface area (Å²) in [6.45, 7) is 3.04. The normalized spacial score (nSPS) is 14.5. The molecule has 0 aromatic carbocycles. The largest absolute Gasteiger partial charge is 0.453 e. The van der Waals surface area contributed by atoms with Gasteiger partial charge in [0.1, 0.15) is 11.4 Å². The predicted molar refractivity (Wildman–Crippen MR) is 53.4 cm³/mol. The highest BCUT2D eigenvalue weighted by Crippen LogP contribution is 2.30. The predicted octanol–water partition coefficient (Wildman–Crippen LogP) is 3.05. The summed E-state index contributed by atoms with van der Waals surface area (Å²) in [7, 11) is 1.71. The maximum atomic E-state index is 13.6. The number of halogens is 2. The van der Waals surface area contributed by atoms with Gasteiger partial charge in [0.2, 0.25) is 0 Å². The Balaban J connectivity index is 2.91. The van der Waals surface area contributed by atoms with E-state index < -0.39 is 11.7 Å². The quantitative estimate of drug-likeness (QED) is 0.891. The monoisotopic (exact) mass is 249 g/mol. The SMILES string of the molecule is CNC(c1ccc(Br)o1)C(C)(C)F. The molecule has 0 saturated carbocycles. The first-order valence-corrected chi connectivity index (χ1v) is 4.86. The molecule has 1 aromatic rings. The van der Waals surface area contributed by atoms with Crippen molar-refractivity contribution in [3.05, 3.63) is 22.6 Å². The van der Waals surface area contributed by atoms with Crippen molar-refractivity contribution >= 4 is 15.9 Å². The van der Waals surface area contributed by atoms with E-state index in [0.29, 0.717) is 10.4 Å². The van der Waals surface area contributed by atoms with Crippen molar-refractivity contribution in [2.45, 2.75) is 25.6 Å². The molecule has 1 aromatic heterocycles. The van der Waals surface area contributed by atoms with Crippen LogP contribution in [0.15, 0.2) is 21.2 Å². The van der Waals surface area contributed by atoms with Crippen LogP contribution in [0.25, 0.3) is 0 Å². The molecule has 1 unspecified atom stereocenters. The van der Waals surface area contributed by atoms with E-state index in [1.54, 1.807) is 19.2 Å². The number of hydrogen-bond donors (Lipinski definition) is 1. The molecule has 0 bridgehead atoms. The van der Waals surface area contributed by atoms with Crippen molar-refractivity contribution < 1.29 is 8.81 Å². The van der Waals surface area contributed by atoms with Gasteiger partial charge >= 0.3 is 0 Å². The number of nitrogens with one attached hydrogen (secondary N) is 1. The van der Waals surface area contributed by atoms with Gasteiger partial charge in [-0.3, -0.25) is 0 Å². The summed E-state index contributed by atoms with van der Waals surface area (Å²) in [5.74, 6) is 0.599. The molecule has 0 aliphatic carbocycles. The van der Waals surface area contributed by atoms with Crippen molar-refractivity contribution in [2.75, 3.05) is 7.05 Å². The minimum Gasteiger partial charge on any atom is -0.453 e. The van der Waals surface area contributed by atoms with Crippen LogP contribution in [0.2, 0.25) is 0 Å². The number of furan rings is 1. The van der Waals surface area contributed by atoms with E-state index in [4.69, 9.17) is 4.42 Å². The van der Waals surface area contributed by atoms with E-state index in [1.165, 1.54) is 13.8 Å². The number of rotatable bonds is 3. The van der Waals surface area contributed by atoms with Crippen LogP contribution in [-0.2, 0) is 0 Å². The smallest absolute Gasteiger partial charge is 0.169 e. The highest BCUT2D eigenvalue weighted by atomic mass is 79.9. The second kappa shape index (κ2) is 3.80. The van der Waals surface area contributed by atoms with Gasteiger partial charge in [-0.2, -0.15) is 0 Å². The Labute approximate surface area is 85.6 Å². The van der Waals surface area contributed by atoms with Gasteiger partial charge in [0, 0.05) is 0 Å². The zero-order valence-electron chi connectivity index (χ0n) is 7.90. The highest BCUT2D eigenvalue weighted by Gasteiger charge is 2.31. The maximum absolute atomic E-state index is 13.6. The van der Waals surface area contributed by atoms with Crippen molar-refractivity contribution in [1.82, 2.24) is 5.32 Å². The van der Waals surface area contributed by atoms with Crippen molar-refractivity contribution in [3.63, 3.8) is 0 Å². The highest BCUT2D eigenvalue weighted by molar-refractivity contribution is 9.10. The van der Waals surface area contributed by atoms with Gasteiger partial charge in [0.15, 0.2) is 4.67 Å². The second-order valence-corrected chi connectivity index (χ2v) is 4.21. The summed E-state index contributed by atoms with van der Waals surface area (Å²) >= 11 is 3.18. The van der Waals surface area contributed by atoms with Crippen LogP contribution >= 0.6 is 15.9 Å². The van der Waals surface area contributed by atoms with Gasteiger partial charge in [-0.05, 0) is 49.0 Å². The molecule has 13 heavy (non-hydrogen) atoms. The van der Waals surface area contributed by atoms with Gasteiger partial charge < -0.3 is 9.73 Å². The molecule has 2 nitrogen and oxygen atoms in total. The fraction of sp³-hybridized carbons (Fsp3) is 0.556. The topological polar surface area (TPSA) is 25.2 Å². The zero-order chi connectivity index (χ0) is 10.1. The number of hydrogen-bond acceptors (Lipinski definition) is 2. The average molecular weight is 250 g/mol. The molecule has 0 saturated heterocycles. The molecule has 0 amide bonds. The summed E-state index contributed by atoms with van der Waals surface area (Å²) in [5.41, 5.74) is -1.34. The third-order valence-corrected chi connectivity index (χ3v) is 2.28. The van der Waals surface area contributed by atoms with Crippen LogP contribution < -0.4 is 5.32 Å². The van der Waals surface area contributed by atoms with Gasteiger partial charge in [0.25, 0.3) is 0 Å². The molecule has 1 rings (SSSR count). The van der Waals surface area contributed by atoms with E-state index >= 15 is 0 Å². The van der Waals surface area contributed by atoms with E-state index in [9.17, 15) is 4.39 Å².